The first-order valence-electron chi connectivity index (χ1n) is 5.38. The standard InChI is InChI=1S/C11H17N3O2/c1-2-3-4-7-14-8-5-6-9(11(14)15)10(12)13-16/h5-6,8,16H,2-4,7H2,1H3,(H2,12,13). The molecule has 0 aliphatic rings. The van der Waals surface area contributed by atoms with Crippen LogP contribution in [0.5, 0.6) is 0 Å². The predicted octanol–water partition coefficient (Wildman–Crippen LogP) is 1.13. The number of unbranched alkanes of at least 4 members (excludes halogenated alkanes) is 2. The first kappa shape index (κ1) is 12.3. The molecule has 88 valence electrons. The van der Waals surface area contributed by atoms with Crippen LogP contribution in [0.25, 0.3) is 0 Å². The van der Waals surface area contributed by atoms with Crippen LogP contribution in [-0.4, -0.2) is 15.6 Å². The SMILES string of the molecule is CCCCCn1cccc(/C(N)=N/O)c1=O. The van der Waals surface area contributed by atoms with E-state index in [1.54, 1.807) is 22.9 Å². The molecule has 0 fully saturated rings. The number of pyridine rings is 1. The Hall–Kier alpha value is -1.78. The van der Waals surface area contributed by atoms with Crippen molar-refractivity contribution in [2.24, 2.45) is 10.9 Å². The minimum Gasteiger partial charge on any atom is -0.409 e. The van der Waals surface area contributed by atoms with Crippen molar-refractivity contribution in [1.82, 2.24) is 4.57 Å². The number of oxime groups is 1. The third-order valence-corrected chi connectivity index (χ3v) is 2.41. The summed E-state index contributed by atoms with van der Waals surface area (Å²) in [4.78, 5) is 11.9. The van der Waals surface area contributed by atoms with Crippen LogP contribution in [0.1, 0.15) is 31.7 Å². The molecule has 0 aliphatic carbocycles. The molecular formula is C11H17N3O2. The highest BCUT2D eigenvalue weighted by Crippen LogP contribution is 1.98. The third-order valence-electron chi connectivity index (χ3n) is 2.41. The third kappa shape index (κ3) is 2.85. The first-order valence-corrected chi connectivity index (χ1v) is 5.38. The lowest BCUT2D eigenvalue weighted by molar-refractivity contribution is 0.318. The molecule has 3 N–H and O–H groups in total. The molecule has 0 spiro atoms. The van der Waals surface area contributed by atoms with E-state index < -0.39 is 0 Å². The fourth-order valence-corrected chi connectivity index (χ4v) is 1.49. The maximum Gasteiger partial charge on any atom is 0.261 e. The van der Waals surface area contributed by atoms with Gasteiger partial charge in [-0.2, -0.15) is 0 Å². The highest BCUT2D eigenvalue weighted by molar-refractivity contribution is 5.96. The van der Waals surface area contributed by atoms with Gasteiger partial charge in [0.05, 0.1) is 5.56 Å². The number of nitrogens with zero attached hydrogens (tertiary/aromatic N) is 2. The van der Waals surface area contributed by atoms with E-state index in [1.165, 1.54) is 0 Å². The number of hydrogen-bond acceptors (Lipinski definition) is 3. The number of aromatic nitrogens is 1. The zero-order valence-electron chi connectivity index (χ0n) is 9.39. The van der Waals surface area contributed by atoms with Crippen LogP contribution in [-0.2, 0) is 6.54 Å². The number of rotatable bonds is 5. The number of aryl methyl sites for hydroxylation is 1. The zero-order valence-corrected chi connectivity index (χ0v) is 9.39. The summed E-state index contributed by atoms with van der Waals surface area (Å²) in [6.45, 7) is 2.77. The summed E-state index contributed by atoms with van der Waals surface area (Å²) in [6, 6.07) is 3.27. The maximum absolute atomic E-state index is 11.9. The fourth-order valence-electron chi connectivity index (χ4n) is 1.49. The molecule has 1 rings (SSSR count). The quantitative estimate of drug-likeness (QED) is 0.258. The molecule has 1 heterocycles. The Balaban J connectivity index is 2.91. The predicted molar refractivity (Wildman–Crippen MR) is 62.7 cm³/mol. The highest BCUT2D eigenvalue weighted by atomic mass is 16.4. The second-order valence-electron chi connectivity index (χ2n) is 3.61. The lowest BCUT2D eigenvalue weighted by atomic mass is 10.2. The Morgan fingerprint density at radius 1 is 1.56 bits per heavy atom. The summed E-state index contributed by atoms with van der Waals surface area (Å²) in [6.07, 6.45) is 4.86. The van der Waals surface area contributed by atoms with E-state index in [9.17, 15) is 4.79 Å². The van der Waals surface area contributed by atoms with Gasteiger partial charge < -0.3 is 15.5 Å². The summed E-state index contributed by atoms with van der Waals surface area (Å²) in [7, 11) is 0. The molecule has 0 bridgehead atoms. The summed E-state index contributed by atoms with van der Waals surface area (Å²) >= 11 is 0. The van der Waals surface area contributed by atoms with Gasteiger partial charge in [0.2, 0.25) is 0 Å². The molecule has 0 radical (unpaired) electrons. The molecule has 1 aromatic rings. The minimum atomic E-state index is -0.214. The number of hydrogen-bond donors (Lipinski definition) is 2. The van der Waals surface area contributed by atoms with Crippen molar-refractivity contribution in [3.05, 3.63) is 34.2 Å². The van der Waals surface area contributed by atoms with Gasteiger partial charge in [0.1, 0.15) is 0 Å². The van der Waals surface area contributed by atoms with Crippen molar-refractivity contribution in [2.45, 2.75) is 32.7 Å². The number of amidine groups is 1. The van der Waals surface area contributed by atoms with Crippen molar-refractivity contribution in [3.63, 3.8) is 0 Å². The molecule has 0 amide bonds. The van der Waals surface area contributed by atoms with Crippen LogP contribution < -0.4 is 11.3 Å². The van der Waals surface area contributed by atoms with E-state index in [-0.39, 0.29) is 17.0 Å². The average Bonchev–Trinajstić information content (AvgIpc) is 2.30. The van der Waals surface area contributed by atoms with Gasteiger partial charge in [0.25, 0.3) is 5.56 Å². The summed E-state index contributed by atoms with van der Waals surface area (Å²) in [5.74, 6) is -0.144. The summed E-state index contributed by atoms with van der Waals surface area (Å²) in [5.41, 5.74) is 5.43. The topological polar surface area (TPSA) is 80.6 Å². The monoisotopic (exact) mass is 223 g/mol. The van der Waals surface area contributed by atoms with E-state index >= 15 is 0 Å². The van der Waals surface area contributed by atoms with Gasteiger partial charge in [-0.1, -0.05) is 24.9 Å². The van der Waals surface area contributed by atoms with Gasteiger partial charge in [-0.05, 0) is 18.6 Å². The minimum absolute atomic E-state index is 0.144. The molecule has 0 aliphatic heterocycles. The summed E-state index contributed by atoms with van der Waals surface area (Å²) in [5, 5.41) is 11.4. The molecule has 5 nitrogen and oxygen atoms in total. The molecule has 0 atom stereocenters. The van der Waals surface area contributed by atoms with Gasteiger partial charge in [-0.15, -0.1) is 0 Å². The molecule has 0 saturated heterocycles. The van der Waals surface area contributed by atoms with Gasteiger partial charge in [0.15, 0.2) is 5.84 Å². The lowest BCUT2D eigenvalue weighted by Gasteiger charge is -2.06. The second-order valence-corrected chi connectivity index (χ2v) is 3.61. The molecule has 0 aromatic carbocycles. The average molecular weight is 223 g/mol. The fraction of sp³-hybridized carbons (Fsp3) is 0.455. The van der Waals surface area contributed by atoms with E-state index in [4.69, 9.17) is 10.9 Å². The molecule has 0 saturated carbocycles. The van der Waals surface area contributed by atoms with E-state index in [0.717, 1.165) is 19.3 Å². The van der Waals surface area contributed by atoms with Crippen molar-refractivity contribution in [1.29, 1.82) is 0 Å². The molecule has 0 unspecified atom stereocenters. The van der Waals surface area contributed by atoms with Gasteiger partial charge in [0, 0.05) is 12.7 Å². The molecule has 5 heteroatoms. The van der Waals surface area contributed by atoms with Crippen LogP contribution >= 0.6 is 0 Å². The van der Waals surface area contributed by atoms with Gasteiger partial charge >= 0.3 is 0 Å². The maximum atomic E-state index is 11.9. The molecule has 1 aromatic heterocycles. The van der Waals surface area contributed by atoms with Crippen molar-refractivity contribution in [3.8, 4) is 0 Å². The Labute approximate surface area is 94.2 Å². The van der Waals surface area contributed by atoms with Crippen molar-refractivity contribution in [2.75, 3.05) is 0 Å². The second kappa shape index (κ2) is 5.95. The van der Waals surface area contributed by atoms with Crippen LogP contribution in [0.3, 0.4) is 0 Å². The van der Waals surface area contributed by atoms with Crippen LogP contribution in [0.15, 0.2) is 28.3 Å². The van der Waals surface area contributed by atoms with Gasteiger partial charge in [-0.3, -0.25) is 4.79 Å². The van der Waals surface area contributed by atoms with E-state index in [2.05, 4.69) is 12.1 Å². The van der Waals surface area contributed by atoms with E-state index in [1.807, 2.05) is 0 Å². The molecular weight excluding hydrogens is 206 g/mol. The molecule has 16 heavy (non-hydrogen) atoms. The number of nitrogens with two attached hydrogens (primary N) is 1. The Morgan fingerprint density at radius 3 is 2.94 bits per heavy atom. The van der Waals surface area contributed by atoms with Crippen LogP contribution in [0.4, 0.5) is 0 Å². The zero-order chi connectivity index (χ0) is 12.0. The van der Waals surface area contributed by atoms with Crippen molar-refractivity contribution >= 4 is 5.84 Å². The summed E-state index contributed by atoms with van der Waals surface area (Å²) < 4.78 is 1.59. The Morgan fingerprint density at radius 2 is 2.31 bits per heavy atom. The lowest BCUT2D eigenvalue weighted by Crippen LogP contribution is -2.29. The largest absolute Gasteiger partial charge is 0.409 e. The Kier molecular flexibility index (Phi) is 4.57. The normalized spacial score (nSPS) is 11.7. The smallest absolute Gasteiger partial charge is 0.261 e. The highest BCUT2D eigenvalue weighted by Gasteiger charge is 2.06. The van der Waals surface area contributed by atoms with Crippen molar-refractivity contribution < 1.29 is 5.21 Å². The van der Waals surface area contributed by atoms with E-state index in [0.29, 0.717) is 6.54 Å². The van der Waals surface area contributed by atoms with Crippen LogP contribution in [0.2, 0.25) is 0 Å². The van der Waals surface area contributed by atoms with Crippen LogP contribution in [0, 0.1) is 0 Å². The Bertz CT molecular complexity index is 423. The van der Waals surface area contributed by atoms with Gasteiger partial charge in [-0.25, -0.2) is 0 Å². The first-order chi connectivity index (χ1) is 7.70.